The van der Waals surface area contributed by atoms with Gasteiger partial charge in [-0.05, 0) is 81.5 Å². The second-order valence-electron chi connectivity index (χ2n) is 8.82. The highest BCUT2D eigenvalue weighted by molar-refractivity contribution is 5.72. The van der Waals surface area contributed by atoms with Gasteiger partial charge in [0.05, 0.1) is 0 Å². The highest BCUT2D eigenvalue weighted by Gasteiger charge is 2.13. The van der Waals surface area contributed by atoms with Crippen LogP contribution in [0.2, 0.25) is 0 Å². The first kappa shape index (κ1) is 29.2. The van der Waals surface area contributed by atoms with Gasteiger partial charge in [-0.15, -0.1) is 0 Å². The fourth-order valence-electron chi connectivity index (χ4n) is 3.38. The minimum Gasteiger partial charge on any atom is -0.467 e. The lowest BCUT2D eigenvalue weighted by atomic mass is 10.0. The predicted octanol–water partition coefficient (Wildman–Crippen LogP) is 6.82. The number of allylic oxidation sites excluding steroid dienone is 4. The molecular formula is C30H40O6. The molecule has 0 aliphatic carbocycles. The summed E-state index contributed by atoms with van der Waals surface area (Å²) < 4.78 is 33.0. The van der Waals surface area contributed by atoms with Crippen LogP contribution in [0.5, 0.6) is 17.2 Å². The van der Waals surface area contributed by atoms with Gasteiger partial charge in [0.15, 0.2) is 20.4 Å². The molecule has 0 heterocycles. The molecule has 0 aromatic heterocycles. The van der Waals surface area contributed by atoms with Crippen molar-refractivity contribution in [3.05, 3.63) is 75.9 Å². The van der Waals surface area contributed by atoms with E-state index in [-0.39, 0.29) is 20.4 Å². The lowest BCUT2D eigenvalue weighted by molar-refractivity contribution is 0.0448. The first-order chi connectivity index (χ1) is 17.4. The van der Waals surface area contributed by atoms with Crippen LogP contribution < -0.4 is 14.2 Å². The van der Waals surface area contributed by atoms with Crippen LogP contribution in [0.4, 0.5) is 0 Å². The van der Waals surface area contributed by atoms with Crippen LogP contribution in [-0.4, -0.2) is 41.7 Å². The maximum atomic E-state index is 5.92. The molecule has 0 saturated carbocycles. The Kier molecular flexibility index (Phi) is 12.8. The second kappa shape index (κ2) is 15.8. The zero-order valence-corrected chi connectivity index (χ0v) is 22.7. The minimum absolute atomic E-state index is 0.148. The van der Waals surface area contributed by atoms with Gasteiger partial charge < -0.3 is 28.4 Å². The van der Waals surface area contributed by atoms with Crippen LogP contribution in [0, 0.1) is 0 Å². The summed E-state index contributed by atoms with van der Waals surface area (Å²) in [6, 6.07) is 10.2. The zero-order valence-electron chi connectivity index (χ0n) is 22.7. The van der Waals surface area contributed by atoms with Crippen molar-refractivity contribution in [2.45, 2.75) is 40.5 Å². The van der Waals surface area contributed by atoms with Crippen molar-refractivity contribution < 1.29 is 28.4 Å². The quantitative estimate of drug-likeness (QED) is 0.153. The third kappa shape index (κ3) is 9.90. The van der Waals surface area contributed by atoms with E-state index in [1.54, 1.807) is 21.3 Å². The topological polar surface area (TPSA) is 55.4 Å². The third-order valence-corrected chi connectivity index (χ3v) is 5.18. The number of hydrogen-bond donors (Lipinski definition) is 0. The van der Waals surface area contributed by atoms with Gasteiger partial charge in [-0.25, -0.2) is 0 Å². The molecule has 2 rings (SSSR count). The van der Waals surface area contributed by atoms with Crippen molar-refractivity contribution in [1.82, 2.24) is 0 Å². The number of benzene rings is 2. The Morgan fingerprint density at radius 3 is 1.64 bits per heavy atom. The molecule has 0 unspecified atom stereocenters. The summed E-state index contributed by atoms with van der Waals surface area (Å²) in [4.78, 5) is 0. The number of methoxy groups -OCH3 is 3. The van der Waals surface area contributed by atoms with Gasteiger partial charge in [0.25, 0.3) is 0 Å². The van der Waals surface area contributed by atoms with E-state index in [1.807, 2.05) is 30.3 Å². The van der Waals surface area contributed by atoms with Crippen molar-refractivity contribution in [2.75, 3.05) is 41.7 Å². The molecule has 36 heavy (non-hydrogen) atoms. The average Bonchev–Trinajstić information content (AvgIpc) is 2.86. The van der Waals surface area contributed by atoms with E-state index in [4.69, 9.17) is 28.4 Å². The summed E-state index contributed by atoms with van der Waals surface area (Å²) in [6.07, 6.45) is 9.91. The van der Waals surface area contributed by atoms with Gasteiger partial charge in [0, 0.05) is 26.9 Å². The maximum absolute atomic E-state index is 5.92. The number of rotatable bonds is 15. The van der Waals surface area contributed by atoms with Crippen LogP contribution in [0.1, 0.15) is 49.9 Å². The maximum Gasteiger partial charge on any atom is 0.188 e. The van der Waals surface area contributed by atoms with Crippen LogP contribution >= 0.6 is 0 Å². The molecule has 0 aliphatic rings. The van der Waals surface area contributed by atoms with Gasteiger partial charge in [0.1, 0.15) is 17.2 Å². The molecule has 0 saturated heterocycles. The lowest BCUT2D eigenvalue weighted by Crippen LogP contribution is -2.06. The largest absolute Gasteiger partial charge is 0.467 e. The van der Waals surface area contributed by atoms with Crippen molar-refractivity contribution >= 4 is 12.2 Å². The first-order valence-corrected chi connectivity index (χ1v) is 12.0. The summed E-state index contributed by atoms with van der Waals surface area (Å²) >= 11 is 0. The van der Waals surface area contributed by atoms with Crippen molar-refractivity contribution in [1.29, 1.82) is 0 Å². The second-order valence-corrected chi connectivity index (χ2v) is 8.82. The Labute approximate surface area is 216 Å². The Bertz CT molecular complexity index is 1010. The molecule has 0 N–H and O–H groups in total. The van der Waals surface area contributed by atoms with Gasteiger partial charge in [0.2, 0.25) is 0 Å². The Balaban J connectivity index is 2.44. The predicted molar refractivity (Wildman–Crippen MR) is 146 cm³/mol. The zero-order chi connectivity index (χ0) is 26.3. The molecule has 6 nitrogen and oxygen atoms in total. The van der Waals surface area contributed by atoms with Gasteiger partial charge in [-0.1, -0.05) is 41.5 Å². The fraction of sp³-hybridized carbons (Fsp3) is 0.400. The Morgan fingerprint density at radius 1 is 0.611 bits per heavy atom. The summed E-state index contributed by atoms with van der Waals surface area (Å²) in [5.74, 6) is 2.26. The fourth-order valence-corrected chi connectivity index (χ4v) is 3.38. The summed E-state index contributed by atoms with van der Waals surface area (Å²) in [5.41, 5.74) is 6.53. The highest BCUT2D eigenvalue weighted by Crippen LogP contribution is 2.33. The van der Waals surface area contributed by atoms with E-state index < -0.39 is 0 Å². The molecular weight excluding hydrogens is 456 g/mol. The molecule has 6 heteroatoms. The lowest BCUT2D eigenvalue weighted by Gasteiger charge is -2.16. The van der Waals surface area contributed by atoms with Gasteiger partial charge in [-0.3, -0.25) is 0 Å². The van der Waals surface area contributed by atoms with Crippen LogP contribution in [0.15, 0.2) is 53.6 Å². The van der Waals surface area contributed by atoms with E-state index in [2.05, 4.69) is 52.0 Å². The Morgan fingerprint density at radius 2 is 1.11 bits per heavy atom. The molecule has 0 radical (unpaired) electrons. The van der Waals surface area contributed by atoms with E-state index in [1.165, 1.54) is 11.1 Å². The molecule has 0 amide bonds. The normalized spacial score (nSPS) is 10.9. The molecule has 0 fully saturated rings. The minimum atomic E-state index is 0.148. The van der Waals surface area contributed by atoms with E-state index >= 15 is 0 Å². The highest BCUT2D eigenvalue weighted by atomic mass is 16.7. The molecule has 0 aliphatic heterocycles. The van der Waals surface area contributed by atoms with Crippen molar-refractivity contribution in [3.63, 3.8) is 0 Å². The number of ether oxygens (including phenoxy) is 6. The van der Waals surface area contributed by atoms with Crippen LogP contribution in [-0.2, 0) is 27.1 Å². The smallest absolute Gasteiger partial charge is 0.188 e. The monoisotopic (exact) mass is 496 g/mol. The van der Waals surface area contributed by atoms with E-state index in [0.717, 1.165) is 45.9 Å². The third-order valence-electron chi connectivity index (χ3n) is 5.18. The molecule has 2 aromatic carbocycles. The molecule has 2 aromatic rings. The van der Waals surface area contributed by atoms with Crippen LogP contribution in [0.3, 0.4) is 0 Å². The Hall–Kier alpha value is -3.06. The molecule has 0 bridgehead atoms. The number of hydrogen-bond acceptors (Lipinski definition) is 6. The SMILES string of the molecule is COCOc1ccc(/C=C/c2cc(OCOC)c(CC=C(C)C)c(OCOC)c2)cc1CC=C(C)C. The first-order valence-electron chi connectivity index (χ1n) is 12.0. The summed E-state index contributed by atoms with van der Waals surface area (Å²) in [7, 11) is 4.83. The van der Waals surface area contributed by atoms with Crippen molar-refractivity contribution in [2.24, 2.45) is 0 Å². The van der Waals surface area contributed by atoms with E-state index in [0.29, 0.717) is 6.42 Å². The molecule has 196 valence electrons. The van der Waals surface area contributed by atoms with E-state index in [9.17, 15) is 0 Å². The van der Waals surface area contributed by atoms with Gasteiger partial charge >= 0.3 is 0 Å². The molecule has 0 atom stereocenters. The average molecular weight is 497 g/mol. The standard InChI is InChI=1S/C30H40O6/c1-22(2)8-13-26-16-24(12-15-28(26)34-19-31-5)10-11-25-17-29(35-20-32-6)27(14-9-23(3)4)30(18-25)36-21-33-7/h8-12,15-18H,13-14,19-21H2,1-7H3/b11-10+. The molecule has 0 spiro atoms. The summed E-state index contributed by atoms with van der Waals surface area (Å²) in [6.45, 7) is 8.83. The van der Waals surface area contributed by atoms with Crippen LogP contribution in [0.25, 0.3) is 12.2 Å². The summed E-state index contributed by atoms with van der Waals surface area (Å²) in [5, 5.41) is 0. The van der Waals surface area contributed by atoms with Gasteiger partial charge in [-0.2, -0.15) is 0 Å². The van der Waals surface area contributed by atoms with Crippen molar-refractivity contribution in [3.8, 4) is 17.2 Å².